The highest BCUT2D eigenvalue weighted by molar-refractivity contribution is 5.73. The van der Waals surface area contributed by atoms with Gasteiger partial charge in [-0.25, -0.2) is 0 Å². The molecule has 0 aromatic heterocycles. The molecule has 0 fully saturated rings. The van der Waals surface area contributed by atoms with Crippen LogP contribution >= 0.6 is 0 Å². The zero-order valence-electron chi connectivity index (χ0n) is 11.3. The molecule has 0 unspecified atom stereocenters. The van der Waals surface area contributed by atoms with Gasteiger partial charge in [0, 0.05) is 13.2 Å². The number of aliphatic carboxylic acids is 1. The molecular weight excluding hydrogens is 220 g/mol. The van der Waals surface area contributed by atoms with Crippen molar-refractivity contribution in [2.75, 3.05) is 26.4 Å². The lowest BCUT2D eigenvalue weighted by molar-refractivity contribution is -0.147. The van der Waals surface area contributed by atoms with Crippen molar-refractivity contribution in [2.45, 2.75) is 46.5 Å². The van der Waals surface area contributed by atoms with Gasteiger partial charge in [0.25, 0.3) is 0 Å². The average molecular weight is 246 g/mol. The summed E-state index contributed by atoms with van der Waals surface area (Å²) in [5.41, 5.74) is -0.621. The van der Waals surface area contributed by atoms with Crippen LogP contribution in [0.4, 0.5) is 0 Å². The molecule has 0 aliphatic carbocycles. The van der Waals surface area contributed by atoms with E-state index in [2.05, 4.69) is 6.92 Å². The molecule has 0 amide bonds. The molecule has 4 nitrogen and oxygen atoms in total. The highest BCUT2D eigenvalue weighted by Gasteiger charge is 2.25. The SMILES string of the molecule is CCCOCCOCCCCC(C)(C)C(=O)O. The van der Waals surface area contributed by atoms with Gasteiger partial charge in [-0.3, -0.25) is 4.79 Å². The van der Waals surface area contributed by atoms with Gasteiger partial charge in [0.05, 0.1) is 18.6 Å². The Hall–Kier alpha value is -0.610. The molecule has 1 N–H and O–H groups in total. The van der Waals surface area contributed by atoms with E-state index >= 15 is 0 Å². The van der Waals surface area contributed by atoms with Gasteiger partial charge >= 0.3 is 5.97 Å². The number of carbonyl (C=O) groups is 1. The van der Waals surface area contributed by atoms with Crippen molar-refractivity contribution in [3.63, 3.8) is 0 Å². The topological polar surface area (TPSA) is 55.8 Å². The number of rotatable bonds is 11. The van der Waals surface area contributed by atoms with Gasteiger partial charge in [-0.15, -0.1) is 0 Å². The molecule has 4 heteroatoms. The summed E-state index contributed by atoms with van der Waals surface area (Å²) in [6.45, 7) is 8.34. The zero-order chi connectivity index (χ0) is 13.1. The normalized spacial score (nSPS) is 11.7. The summed E-state index contributed by atoms with van der Waals surface area (Å²) in [6.07, 6.45) is 3.52. The second kappa shape index (κ2) is 9.42. The second-order valence-electron chi connectivity index (χ2n) is 4.87. The standard InChI is InChI=1S/C13H26O4/c1-4-8-16-10-11-17-9-6-5-7-13(2,3)12(14)15/h4-11H2,1-3H3,(H,14,15). The van der Waals surface area contributed by atoms with E-state index in [0.29, 0.717) is 26.2 Å². The van der Waals surface area contributed by atoms with Crippen LogP contribution in [0.1, 0.15) is 46.5 Å². The van der Waals surface area contributed by atoms with Crippen molar-refractivity contribution in [2.24, 2.45) is 5.41 Å². The maximum Gasteiger partial charge on any atom is 0.309 e. The van der Waals surface area contributed by atoms with E-state index in [1.165, 1.54) is 0 Å². The lowest BCUT2D eigenvalue weighted by atomic mass is 9.87. The highest BCUT2D eigenvalue weighted by atomic mass is 16.5. The van der Waals surface area contributed by atoms with E-state index in [1.54, 1.807) is 13.8 Å². The summed E-state index contributed by atoms with van der Waals surface area (Å²) >= 11 is 0. The van der Waals surface area contributed by atoms with E-state index in [4.69, 9.17) is 14.6 Å². The first-order valence-electron chi connectivity index (χ1n) is 6.39. The van der Waals surface area contributed by atoms with Crippen molar-refractivity contribution >= 4 is 5.97 Å². The minimum atomic E-state index is -0.730. The molecule has 0 saturated carbocycles. The lowest BCUT2D eigenvalue weighted by Gasteiger charge is -2.18. The summed E-state index contributed by atoms with van der Waals surface area (Å²) in [5, 5.41) is 8.92. The Bertz CT molecular complexity index is 202. The molecule has 0 aromatic carbocycles. The fraction of sp³-hybridized carbons (Fsp3) is 0.923. The third kappa shape index (κ3) is 9.12. The van der Waals surface area contributed by atoms with Crippen LogP contribution in [0.2, 0.25) is 0 Å². The second-order valence-corrected chi connectivity index (χ2v) is 4.87. The summed E-state index contributed by atoms with van der Waals surface area (Å²) in [6, 6.07) is 0. The molecule has 0 atom stereocenters. The van der Waals surface area contributed by atoms with Crippen molar-refractivity contribution in [1.82, 2.24) is 0 Å². The van der Waals surface area contributed by atoms with E-state index in [9.17, 15) is 4.79 Å². The molecule has 0 aliphatic heterocycles. The fourth-order valence-electron chi connectivity index (χ4n) is 1.34. The Morgan fingerprint density at radius 2 is 1.65 bits per heavy atom. The molecule has 0 bridgehead atoms. The minimum Gasteiger partial charge on any atom is -0.481 e. The molecule has 0 spiro atoms. The maximum atomic E-state index is 10.8. The maximum absolute atomic E-state index is 10.8. The Morgan fingerprint density at radius 1 is 1.06 bits per heavy atom. The van der Waals surface area contributed by atoms with Crippen LogP contribution < -0.4 is 0 Å². The fourth-order valence-corrected chi connectivity index (χ4v) is 1.34. The van der Waals surface area contributed by atoms with Crippen LogP contribution in [-0.2, 0) is 14.3 Å². The first-order valence-corrected chi connectivity index (χ1v) is 6.39. The lowest BCUT2D eigenvalue weighted by Crippen LogP contribution is -2.23. The predicted octanol–water partition coefficient (Wildman–Crippen LogP) is 2.71. The van der Waals surface area contributed by atoms with Crippen LogP contribution in [-0.4, -0.2) is 37.5 Å². The Labute approximate surface area is 104 Å². The van der Waals surface area contributed by atoms with Gasteiger partial charge in [0.1, 0.15) is 0 Å². The highest BCUT2D eigenvalue weighted by Crippen LogP contribution is 2.23. The number of ether oxygens (including phenoxy) is 2. The largest absolute Gasteiger partial charge is 0.481 e. The van der Waals surface area contributed by atoms with Gasteiger partial charge in [-0.2, -0.15) is 0 Å². The number of carboxylic acid groups (broad SMARTS) is 1. The van der Waals surface area contributed by atoms with Gasteiger partial charge in [-0.05, 0) is 33.1 Å². The molecule has 0 aliphatic rings. The van der Waals surface area contributed by atoms with Gasteiger partial charge in [0.2, 0.25) is 0 Å². The average Bonchev–Trinajstić information content (AvgIpc) is 2.26. The number of hydrogen-bond acceptors (Lipinski definition) is 3. The summed E-state index contributed by atoms with van der Waals surface area (Å²) in [7, 11) is 0. The van der Waals surface area contributed by atoms with Crippen LogP contribution in [0.25, 0.3) is 0 Å². The smallest absolute Gasteiger partial charge is 0.309 e. The summed E-state index contributed by atoms with van der Waals surface area (Å²) in [5.74, 6) is -0.730. The first-order chi connectivity index (χ1) is 8.00. The van der Waals surface area contributed by atoms with Crippen molar-refractivity contribution < 1.29 is 19.4 Å². The molecule has 0 radical (unpaired) electrons. The van der Waals surface area contributed by atoms with Crippen molar-refractivity contribution in [1.29, 1.82) is 0 Å². The molecule has 102 valence electrons. The molecular formula is C13H26O4. The Kier molecular flexibility index (Phi) is 9.09. The van der Waals surface area contributed by atoms with Crippen LogP contribution in [0, 0.1) is 5.41 Å². The van der Waals surface area contributed by atoms with Gasteiger partial charge in [0.15, 0.2) is 0 Å². The van der Waals surface area contributed by atoms with Crippen LogP contribution in [0.3, 0.4) is 0 Å². The zero-order valence-corrected chi connectivity index (χ0v) is 11.3. The Morgan fingerprint density at radius 3 is 2.18 bits per heavy atom. The van der Waals surface area contributed by atoms with E-state index in [0.717, 1.165) is 25.9 Å². The van der Waals surface area contributed by atoms with Crippen LogP contribution in [0.5, 0.6) is 0 Å². The number of hydrogen-bond donors (Lipinski definition) is 1. The Balaban J connectivity index is 3.27. The first kappa shape index (κ1) is 16.4. The molecule has 0 rings (SSSR count). The summed E-state index contributed by atoms with van der Waals surface area (Å²) < 4.78 is 10.7. The van der Waals surface area contributed by atoms with Crippen molar-refractivity contribution in [3.05, 3.63) is 0 Å². The predicted molar refractivity (Wildman–Crippen MR) is 67.2 cm³/mol. The quantitative estimate of drug-likeness (QED) is 0.569. The third-order valence-electron chi connectivity index (χ3n) is 2.64. The summed E-state index contributed by atoms with van der Waals surface area (Å²) in [4.78, 5) is 10.8. The monoisotopic (exact) mass is 246 g/mol. The molecule has 17 heavy (non-hydrogen) atoms. The third-order valence-corrected chi connectivity index (χ3v) is 2.64. The van der Waals surface area contributed by atoms with Gasteiger partial charge < -0.3 is 14.6 Å². The number of unbranched alkanes of at least 4 members (excludes halogenated alkanes) is 1. The van der Waals surface area contributed by atoms with E-state index in [1.807, 2.05) is 0 Å². The molecule has 0 heterocycles. The van der Waals surface area contributed by atoms with Gasteiger partial charge in [-0.1, -0.05) is 13.3 Å². The van der Waals surface area contributed by atoms with E-state index in [-0.39, 0.29) is 0 Å². The van der Waals surface area contributed by atoms with E-state index < -0.39 is 11.4 Å². The van der Waals surface area contributed by atoms with Crippen molar-refractivity contribution in [3.8, 4) is 0 Å². The number of carboxylic acids is 1. The van der Waals surface area contributed by atoms with Crippen LogP contribution in [0.15, 0.2) is 0 Å². The molecule has 0 saturated heterocycles. The minimum absolute atomic E-state index is 0.621. The molecule has 0 aromatic rings.